The third kappa shape index (κ3) is 3.88. The predicted molar refractivity (Wildman–Crippen MR) is 52.2 cm³/mol. The van der Waals surface area contributed by atoms with Crippen molar-refractivity contribution in [1.29, 1.82) is 0 Å². The summed E-state index contributed by atoms with van der Waals surface area (Å²) in [6.45, 7) is 2.08. The zero-order chi connectivity index (χ0) is 10.8. The van der Waals surface area contributed by atoms with Crippen LogP contribution in [-0.2, 0) is 0 Å². The van der Waals surface area contributed by atoms with Gasteiger partial charge < -0.3 is 17.8 Å². The predicted octanol–water partition coefficient (Wildman–Crippen LogP) is 1.40. The number of hydrogen-bond donors (Lipinski definition) is 0. The van der Waals surface area contributed by atoms with Crippen molar-refractivity contribution < 1.29 is 12.9 Å². The first-order valence-corrected chi connectivity index (χ1v) is 5.06. The lowest BCUT2D eigenvalue weighted by Crippen LogP contribution is -2.52. The smallest absolute Gasteiger partial charge is 0.448 e. The number of hydrogen-bond acceptors (Lipinski definition) is 2. The highest BCUT2D eigenvalue weighted by Gasteiger charge is 2.28. The maximum absolute atomic E-state index is 12.1. The van der Waals surface area contributed by atoms with E-state index in [1.54, 1.807) is 0 Å². The van der Waals surface area contributed by atoms with Gasteiger partial charge in [0.15, 0.2) is 0 Å². The SMILES string of the molecule is CC(C)N1CCN(C[B-](F)(F)F)CC1. The van der Waals surface area contributed by atoms with Gasteiger partial charge in [0.1, 0.15) is 0 Å². The average molecular weight is 209 g/mol. The van der Waals surface area contributed by atoms with Gasteiger partial charge in [-0.25, -0.2) is 0 Å². The van der Waals surface area contributed by atoms with Gasteiger partial charge in [-0.1, -0.05) is 0 Å². The molecule has 1 aliphatic rings. The molecule has 0 spiro atoms. The van der Waals surface area contributed by atoms with Gasteiger partial charge in [0.25, 0.3) is 0 Å². The molecule has 84 valence electrons. The van der Waals surface area contributed by atoms with Crippen LogP contribution >= 0.6 is 0 Å². The first kappa shape index (κ1) is 11.8. The van der Waals surface area contributed by atoms with Crippen molar-refractivity contribution in [3.63, 3.8) is 0 Å². The Hall–Kier alpha value is -0.225. The normalized spacial score (nSPS) is 21.9. The topological polar surface area (TPSA) is 6.48 Å². The van der Waals surface area contributed by atoms with Crippen LogP contribution < -0.4 is 0 Å². The van der Waals surface area contributed by atoms with E-state index in [0.717, 1.165) is 13.1 Å². The molecule has 0 saturated carbocycles. The van der Waals surface area contributed by atoms with E-state index in [1.165, 1.54) is 4.90 Å². The lowest BCUT2D eigenvalue weighted by atomic mass is 9.91. The molecular formula is C8H17BF3N2-. The maximum atomic E-state index is 12.1. The van der Waals surface area contributed by atoms with Crippen LogP contribution in [0.15, 0.2) is 0 Å². The van der Waals surface area contributed by atoms with Gasteiger partial charge in [0.2, 0.25) is 0 Å². The van der Waals surface area contributed by atoms with E-state index < -0.39 is 13.4 Å². The van der Waals surface area contributed by atoms with Crippen LogP contribution in [0, 0.1) is 0 Å². The summed E-state index contributed by atoms with van der Waals surface area (Å²) < 4.78 is 36.3. The van der Waals surface area contributed by atoms with Crippen LogP contribution in [-0.4, -0.2) is 55.4 Å². The summed E-state index contributed by atoms with van der Waals surface area (Å²) in [5.41, 5.74) is 0. The molecule has 0 bridgehead atoms. The molecular weight excluding hydrogens is 192 g/mol. The van der Waals surface area contributed by atoms with Crippen molar-refractivity contribution in [3.05, 3.63) is 0 Å². The van der Waals surface area contributed by atoms with Gasteiger partial charge >= 0.3 is 6.98 Å². The zero-order valence-electron chi connectivity index (χ0n) is 8.72. The Morgan fingerprint density at radius 2 is 1.57 bits per heavy atom. The standard InChI is InChI=1S/C8H17BF3N2/c1-8(2)14-5-3-13(4-6-14)7-9(10,11)12/h8H,3-7H2,1-2H3/q-1. The fourth-order valence-electron chi connectivity index (χ4n) is 1.76. The molecule has 0 aromatic carbocycles. The largest absolute Gasteiger partial charge is 0.492 e. The number of nitrogens with zero attached hydrogens (tertiary/aromatic N) is 2. The molecule has 0 unspecified atom stereocenters. The molecule has 0 aliphatic carbocycles. The van der Waals surface area contributed by atoms with E-state index in [4.69, 9.17) is 0 Å². The van der Waals surface area contributed by atoms with Crippen LogP contribution in [0.3, 0.4) is 0 Å². The molecule has 1 saturated heterocycles. The van der Waals surface area contributed by atoms with Crippen LogP contribution in [0.4, 0.5) is 12.9 Å². The van der Waals surface area contributed by atoms with Gasteiger partial charge in [0.05, 0.1) is 0 Å². The maximum Gasteiger partial charge on any atom is 0.492 e. The Morgan fingerprint density at radius 1 is 1.07 bits per heavy atom. The molecule has 0 aromatic heterocycles. The lowest BCUT2D eigenvalue weighted by molar-refractivity contribution is 0.114. The summed E-state index contributed by atoms with van der Waals surface area (Å²) in [6.07, 6.45) is -0.702. The number of piperazine rings is 1. The molecule has 0 amide bonds. The van der Waals surface area contributed by atoms with Crippen LogP contribution in [0.2, 0.25) is 0 Å². The monoisotopic (exact) mass is 209 g/mol. The summed E-state index contributed by atoms with van der Waals surface area (Å²) in [5.74, 6) is 0. The Bertz CT molecular complexity index is 176. The second kappa shape index (κ2) is 4.53. The molecule has 14 heavy (non-hydrogen) atoms. The molecule has 0 N–H and O–H groups in total. The molecule has 1 aliphatic heterocycles. The van der Waals surface area contributed by atoms with E-state index in [9.17, 15) is 12.9 Å². The van der Waals surface area contributed by atoms with Gasteiger partial charge in [-0.05, 0) is 20.3 Å². The van der Waals surface area contributed by atoms with Gasteiger partial charge in [-0.15, -0.1) is 0 Å². The first-order valence-electron chi connectivity index (χ1n) is 5.06. The van der Waals surface area contributed by atoms with Crippen LogP contribution in [0.5, 0.6) is 0 Å². The molecule has 1 fully saturated rings. The van der Waals surface area contributed by atoms with Crippen molar-refractivity contribution in [2.45, 2.75) is 19.9 Å². The summed E-state index contributed by atoms with van der Waals surface area (Å²) in [4.78, 5) is 3.71. The molecule has 1 rings (SSSR count). The Labute approximate surface area is 83.1 Å². The Balaban J connectivity index is 2.29. The third-order valence-corrected chi connectivity index (χ3v) is 2.60. The first-order chi connectivity index (χ1) is 6.38. The van der Waals surface area contributed by atoms with Gasteiger partial charge in [-0.2, -0.15) is 0 Å². The average Bonchev–Trinajstić information content (AvgIpc) is 2.02. The van der Waals surface area contributed by atoms with Gasteiger partial charge in [-0.3, -0.25) is 4.90 Å². The minimum Gasteiger partial charge on any atom is -0.448 e. The fourth-order valence-corrected chi connectivity index (χ4v) is 1.76. The highest BCUT2D eigenvalue weighted by Crippen LogP contribution is 2.13. The third-order valence-electron chi connectivity index (χ3n) is 2.60. The van der Waals surface area contributed by atoms with E-state index in [1.807, 2.05) is 0 Å². The summed E-state index contributed by atoms with van der Waals surface area (Å²) >= 11 is 0. The quantitative estimate of drug-likeness (QED) is 0.648. The highest BCUT2D eigenvalue weighted by atomic mass is 19.4. The minimum absolute atomic E-state index is 0.438. The Kier molecular flexibility index (Phi) is 3.83. The number of halogens is 3. The van der Waals surface area contributed by atoms with Crippen molar-refractivity contribution in [2.75, 3.05) is 32.6 Å². The van der Waals surface area contributed by atoms with E-state index in [2.05, 4.69) is 18.7 Å². The second-order valence-corrected chi connectivity index (χ2v) is 4.14. The van der Waals surface area contributed by atoms with E-state index in [0.29, 0.717) is 19.1 Å². The zero-order valence-corrected chi connectivity index (χ0v) is 8.72. The van der Waals surface area contributed by atoms with E-state index >= 15 is 0 Å². The van der Waals surface area contributed by atoms with E-state index in [-0.39, 0.29) is 0 Å². The lowest BCUT2D eigenvalue weighted by Gasteiger charge is -2.38. The van der Waals surface area contributed by atoms with Crippen molar-refractivity contribution in [2.24, 2.45) is 0 Å². The molecule has 0 aromatic rings. The van der Waals surface area contributed by atoms with Crippen molar-refractivity contribution in [1.82, 2.24) is 9.80 Å². The molecule has 0 atom stereocenters. The highest BCUT2D eigenvalue weighted by molar-refractivity contribution is 6.58. The number of rotatable bonds is 3. The van der Waals surface area contributed by atoms with Crippen LogP contribution in [0.1, 0.15) is 13.8 Å². The van der Waals surface area contributed by atoms with Gasteiger partial charge in [0, 0.05) is 32.2 Å². The summed E-state index contributed by atoms with van der Waals surface area (Å²) in [6, 6.07) is 0.438. The summed E-state index contributed by atoms with van der Waals surface area (Å²) in [7, 11) is 0. The summed E-state index contributed by atoms with van der Waals surface area (Å²) in [5, 5.41) is 0. The fraction of sp³-hybridized carbons (Fsp3) is 1.00. The molecule has 0 radical (unpaired) electrons. The minimum atomic E-state index is -4.65. The Morgan fingerprint density at radius 3 is 1.93 bits per heavy atom. The molecule has 2 nitrogen and oxygen atoms in total. The van der Waals surface area contributed by atoms with Crippen LogP contribution in [0.25, 0.3) is 0 Å². The molecule has 6 heteroatoms. The van der Waals surface area contributed by atoms with Crippen molar-refractivity contribution >= 4 is 6.98 Å². The van der Waals surface area contributed by atoms with Crippen molar-refractivity contribution in [3.8, 4) is 0 Å². The second-order valence-electron chi connectivity index (χ2n) is 4.14. The molecule has 1 heterocycles.